The van der Waals surface area contributed by atoms with Crippen LogP contribution in [0.1, 0.15) is 6.92 Å². The maximum Gasteiger partial charge on any atom is 0.310 e. The number of nitrogens with zero attached hydrogens (tertiary/aromatic N) is 1. The van der Waals surface area contributed by atoms with Crippen molar-refractivity contribution in [1.82, 2.24) is 0 Å². The van der Waals surface area contributed by atoms with Gasteiger partial charge in [-0.2, -0.15) is 0 Å². The van der Waals surface area contributed by atoms with Crippen LogP contribution in [0.4, 0.5) is 11.4 Å². The zero-order valence-electron chi connectivity index (χ0n) is 12.7. The summed E-state index contributed by atoms with van der Waals surface area (Å²) in [5.41, 5.74) is 0.362. The molecule has 120 valence electrons. The summed E-state index contributed by atoms with van der Waals surface area (Å²) in [5.74, 6) is 0.234. The molecule has 1 amide bonds. The second kappa shape index (κ2) is 7.26. The lowest BCUT2D eigenvalue weighted by Gasteiger charge is -2.15. The van der Waals surface area contributed by atoms with Crippen LogP contribution >= 0.6 is 0 Å². The average molecular weight is 316 g/mol. The maximum absolute atomic E-state index is 12.2. The number of nitro groups is 1. The summed E-state index contributed by atoms with van der Waals surface area (Å²) in [6.45, 7) is 1.52. The Morgan fingerprint density at radius 2 is 1.96 bits per heavy atom. The number of anilines is 1. The molecule has 7 nitrogen and oxygen atoms in total. The van der Waals surface area contributed by atoms with Crippen molar-refractivity contribution in [3.63, 3.8) is 0 Å². The minimum absolute atomic E-state index is 0.0470. The van der Waals surface area contributed by atoms with E-state index < -0.39 is 16.9 Å². The second-order valence-electron chi connectivity index (χ2n) is 4.71. The molecule has 2 aromatic rings. The van der Waals surface area contributed by atoms with Crippen molar-refractivity contribution in [2.24, 2.45) is 0 Å². The maximum atomic E-state index is 12.2. The Labute approximate surface area is 133 Å². The van der Waals surface area contributed by atoms with Crippen molar-refractivity contribution in [3.8, 4) is 11.5 Å². The number of rotatable bonds is 6. The van der Waals surface area contributed by atoms with Gasteiger partial charge >= 0.3 is 5.69 Å². The molecule has 2 rings (SSSR count). The summed E-state index contributed by atoms with van der Waals surface area (Å²) in [5, 5.41) is 13.6. The number of amides is 1. The van der Waals surface area contributed by atoms with Crippen LogP contribution in [0.3, 0.4) is 0 Å². The number of hydrogen-bond donors (Lipinski definition) is 1. The van der Waals surface area contributed by atoms with Crippen molar-refractivity contribution in [2.45, 2.75) is 13.0 Å². The highest BCUT2D eigenvalue weighted by Crippen LogP contribution is 2.27. The van der Waals surface area contributed by atoms with E-state index in [-0.39, 0.29) is 11.4 Å². The molecule has 23 heavy (non-hydrogen) atoms. The minimum Gasteiger partial charge on any atom is -0.497 e. The topological polar surface area (TPSA) is 90.7 Å². The molecule has 0 aliphatic heterocycles. The molecule has 0 fully saturated rings. The van der Waals surface area contributed by atoms with Crippen LogP contribution in [0, 0.1) is 10.1 Å². The average Bonchev–Trinajstić information content (AvgIpc) is 2.55. The number of methoxy groups -OCH3 is 1. The van der Waals surface area contributed by atoms with Crippen molar-refractivity contribution in [1.29, 1.82) is 0 Å². The zero-order chi connectivity index (χ0) is 16.8. The summed E-state index contributed by atoms with van der Waals surface area (Å²) >= 11 is 0. The quantitative estimate of drug-likeness (QED) is 0.653. The molecular weight excluding hydrogens is 300 g/mol. The van der Waals surface area contributed by atoms with Gasteiger partial charge in [-0.3, -0.25) is 14.9 Å². The number of para-hydroxylation sites is 2. The Bertz CT molecular complexity index is 717. The zero-order valence-corrected chi connectivity index (χ0v) is 12.7. The first kappa shape index (κ1) is 16.3. The highest BCUT2D eigenvalue weighted by Gasteiger charge is 2.20. The highest BCUT2D eigenvalue weighted by atomic mass is 16.6. The lowest BCUT2D eigenvalue weighted by molar-refractivity contribution is -0.386. The van der Waals surface area contributed by atoms with Crippen LogP contribution in [0.15, 0.2) is 48.5 Å². The molecular formula is C16H16N2O5. The molecule has 0 aliphatic rings. The Morgan fingerprint density at radius 3 is 2.65 bits per heavy atom. The van der Waals surface area contributed by atoms with Gasteiger partial charge in [-0.05, 0) is 25.1 Å². The molecule has 0 spiro atoms. The van der Waals surface area contributed by atoms with Gasteiger partial charge < -0.3 is 14.8 Å². The predicted octanol–water partition coefficient (Wildman–Crippen LogP) is 3.01. The molecule has 0 radical (unpaired) electrons. The first-order valence-electron chi connectivity index (χ1n) is 6.86. The lowest BCUT2D eigenvalue weighted by Crippen LogP contribution is -2.30. The SMILES string of the molecule is COc1cccc(NC(=O)[C@@H](C)Oc2ccccc2[N+](=O)[O-])c1. The Hall–Kier alpha value is -3.09. The van der Waals surface area contributed by atoms with Gasteiger partial charge in [-0.15, -0.1) is 0 Å². The molecule has 1 N–H and O–H groups in total. The van der Waals surface area contributed by atoms with Crippen LogP contribution in [0.25, 0.3) is 0 Å². The standard InChI is InChI=1S/C16H16N2O5/c1-11(23-15-9-4-3-8-14(15)18(20)21)16(19)17-12-6-5-7-13(10-12)22-2/h3-11H,1-2H3,(H,17,19)/t11-/m1/s1. The number of hydrogen-bond acceptors (Lipinski definition) is 5. The molecule has 1 atom stereocenters. The van der Waals surface area contributed by atoms with Gasteiger partial charge in [0.25, 0.3) is 5.91 Å². The normalized spacial score (nSPS) is 11.4. The second-order valence-corrected chi connectivity index (χ2v) is 4.71. The van der Waals surface area contributed by atoms with Crippen LogP contribution in [-0.4, -0.2) is 24.0 Å². The largest absolute Gasteiger partial charge is 0.497 e. The summed E-state index contributed by atoms with van der Waals surface area (Å²) in [6.07, 6.45) is -0.901. The summed E-state index contributed by atoms with van der Waals surface area (Å²) in [4.78, 5) is 22.5. The molecule has 0 aromatic heterocycles. The molecule has 0 saturated heterocycles. The van der Waals surface area contributed by atoms with E-state index in [2.05, 4.69) is 5.32 Å². The fourth-order valence-electron chi connectivity index (χ4n) is 1.90. The lowest BCUT2D eigenvalue weighted by atomic mass is 10.2. The van der Waals surface area contributed by atoms with E-state index in [0.29, 0.717) is 11.4 Å². The van der Waals surface area contributed by atoms with Crippen LogP contribution in [0.5, 0.6) is 11.5 Å². The Morgan fingerprint density at radius 1 is 1.22 bits per heavy atom. The van der Waals surface area contributed by atoms with Crippen LogP contribution in [0.2, 0.25) is 0 Å². The van der Waals surface area contributed by atoms with Crippen LogP contribution < -0.4 is 14.8 Å². The molecule has 0 heterocycles. The van der Waals surface area contributed by atoms with Gasteiger partial charge in [0.05, 0.1) is 12.0 Å². The van der Waals surface area contributed by atoms with Crippen molar-refractivity contribution < 1.29 is 19.2 Å². The molecule has 0 bridgehead atoms. The third-order valence-electron chi connectivity index (χ3n) is 3.07. The summed E-state index contributed by atoms with van der Waals surface area (Å²) in [6, 6.07) is 12.8. The highest BCUT2D eigenvalue weighted by molar-refractivity contribution is 5.94. The Balaban J connectivity index is 2.07. The number of nitrogens with one attached hydrogen (secondary N) is 1. The molecule has 0 aliphatic carbocycles. The minimum atomic E-state index is -0.901. The van der Waals surface area contributed by atoms with E-state index in [1.807, 2.05) is 0 Å². The monoisotopic (exact) mass is 316 g/mol. The van der Waals surface area contributed by atoms with Crippen molar-refractivity contribution >= 4 is 17.3 Å². The van der Waals surface area contributed by atoms with Gasteiger partial charge in [0.15, 0.2) is 11.9 Å². The van der Waals surface area contributed by atoms with Gasteiger partial charge in [0.2, 0.25) is 0 Å². The van der Waals surface area contributed by atoms with Gasteiger partial charge in [0, 0.05) is 17.8 Å². The first-order chi connectivity index (χ1) is 11.0. The van der Waals surface area contributed by atoms with Gasteiger partial charge in [-0.25, -0.2) is 0 Å². The van der Waals surface area contributed by atoms with Crippen LogP contribution in [-0.2, 0) is 4.79 Å². The molecule has 0 unspecified atom stereocenters. The first-order valence-corrected chi connectivity index (χ1v) is 6.86. The number of carbonyl (C=O) groups is 1. The smallest absolute Gasteiger partial charge is 0.310 e. The number of carbonyl (C=O) groups excluding carboxylic acids is 1. The van der Waals surface area contributed by atoms with Crippen molar-refractivity contribution in [2.75, 3.05) is 12.4 Å². The number of benzene rings is 2. The predicted molar refractivity (Wildman–Crippen MR) is 84.8 cm³/mol. The van der Waals surface area contributed by atoms with Gasteiger partial charge in [-0.1, -0.05) is 18.2 Å². The van der Waals surface area contributed by atoms with E-state index in [1.54, 1.807) is 30.3 Å². The molecule has 2 aromatic carbocycles. The number of ether oxygens (including phenoxy) is 2. The van der Waals surface area contributed by atoms with E-state index in [0.717, 1.165) is 0 Å². The van der Waals surface area contributed by atoms with E-state index in [9.17, 15) is 14.9 Å². The molecule has 0 saturated carbocycles. The summed E-state index contributed by atoms with van der Waals surface area (Å²) in [7, 11) is 1.53. The Kier molecular flexibility index (Phi) is 5.14. The third kappa shape index (κ3) is 4.19. The number of nitro benzene ring substituents is 1. The van der Waals surface area contributed by atoms with Gasteiger partial charge in [0.1, 0.15) is 5.75 Å². The molecule has 7 heteroatoms. The van der Waals surface area contributed by atoms with E-state index in [1.165, 1.54) is 32.2 Å². The van der Waals surface area contributed by atoms with E-state index in [4.69, 9.17) is 9.47 Å². The van der Waals surface area contributed by atoms with Crippen molar-refractivity contribution in [3.05, 3.63) is 58.6 Å². The summed E-state index contributed by atoms with van der Waals surface area (Å²) < 4.78 is 10.5. The fourth-order valence-corrected chi connectivity index (χ4v) is 1.90. The third-order valence-corrected chi connectivity index (χ3v) is 3.07. The fraction of sp³-hybridized carbons (Fsp3) is 0.188. The van der Waals surface area contributed by atoms with E-state index >= 15 is 0 Å².